The third-order valence-corrected chi connectivity index (χ3v) is 20.8. The second-order valence-corrected chi connectivity index (χ2v) is 31.0. The zero-order valence-corrected chi connectivity index (χ0v) is 52.5. The Morgan fingerprint density at radius 3 is 1.45 bits per heavy atom. The van der Waals surface area contributed by atoms with E-state index in [0.29, 0.717) is 0 Å². The van der Waals surface area contributed by atoms with E-state index in [9.17, 15) is 81.1 Å². The molecule has 13 atom stereocenters. The van der Waals surface area contributed by atoms with Crippen molar-refractivity contribution in [1.29, 1.82) is 0 Å². The van der Waals surface area contributed by atoms with Gasteiger partial charge in [-0.3, -0.25) is 83.0 Å². The van der Waals surface area contributed by atoms with Gasteiger partial charge in [-0.2, -0.15) is 4.98 Å². The fourth-order valence-corrected chi connectivity index (χ4v) is 12.9. The Morgan fingerprint density at radius 1 is 0.600 bits per heavy atom. The molecule has 0 spiro atoms. The molecule has 0 aromatic carbocycles. The molecule has 39 nitrogen and oxygen atoms in total. The van der Waals surface area contributed by atoms with E-state index in [0.717, 1.165) is 4.57 Å². The van der Waals surface area contributed by atoms with Crippen LogP contribution in [-0.2, 0) is 107 Å². The molecule has 3 aromatic rings. The monoisotopic (exact) mass is 1380 g/mol. The number of aliphatic hydroxyl groups is 1. The molecule has 12 N–H and O–H groups in total. The van der Waals surface area contributed by atoms with Gasteiger partial charge in [0, 0.05) is 30.3 Å². The summed E-state index contributed by atoms with van der Waals surface area (Å²) in [5, 5.41) is 10.3. The van der Waals surface area contributed by atoms with E-state index in [1.807, 2.05) is 0 Å². The molecule has 2 aliphatic rings. The first-order valence-corrected chi connectivity index (χ1v) is 37.0. The van der Waals surface area contributed by atoms with E-state index in [2.05, 4.69) is 19.9 Å². The van der Waals surface area contributed by atoms with Crippen LogP contribution in [0.5, 0.6) is 0 Å². The van der Waals surface area contributed by atoms with Gasteiger partial charge in [0.15, 0.2) is 17.7 Å². The van der Waals surface area contributed by atoms with Gasteiger partial charge in [-0.05, 0) is 50.8 Å². The van der Waals surface area contributed by atoms with Gasteiger partial charge in [0.05, 0.1) is 91.7 Å². The van der Waals surface area contributed by atoms with Crippen LogP contribution in [-0.4, -0.2) is 178 Å². The van der Waals surface area contributed by atoms with Crippen LogP contribution in [0.25, 0.3) is 11.2 Å². The highest BCUT2D eigenvalue weighted by Crippen LogP contribution is 2.52. The van der Waals surface area contributed by atoms with E-state index in [-0.39, 0.29) is 74.2 Å². The quantitative estimate of drug-likeness (QED) is 0.0287. The van der Waals surface area contributed by atoms with Crippen molar-refractivity contribution in [3.63, 3.8) is 0 Å². The maximum absolute atomic E-state index is 13.0. The average Bonchev–Trinajstić information content (AvgIpc) is 2.56. The van der Waals surface area contributed by atoms with Crippen molar-refractivity contribution in [2.24, 2.45) is 0 Å². The Balaban J connectivity index is 0.861. The van der Waals surface area contributed by atoms with E-state index in [1.165, 1.54) is 24.0 Å². The van der Waals surface area contributed by atoms with Crippen LogP contribution in [0.2, 0.25) is 0 Å². The number of aryl methyl sites for hydroxylation is 1. The number of nitrogens with zero attached hydrogens (tertiary/aromatic N) is 4. The van der Waals surface area contributed by atoms with E-state index in [1.54, 1.807) is 13.8 Å². The summed E-state index contributed by atoms with van der Waals surface area (Å²) in [6, 6.07) is 0. The Bertz CT molecular complexity index is 3210. The van der Waals surface area contributed by atoms with Crippen LogP contribution in [0, 0.1) is 6.92 Å². The first kappa shape index (κ1) is 73.7. The van der Waals surface area contributed by atoms with Gasteiger partial charge in [-0.15, -0.1) is 0 Å². The zero-order valence-electron chi connectivity index (χ0n) is 45.4. The second kappa shape index (κ2) is 32.8. The third kappa shape index (κ3) is 25.3. The van der Waals surface area contributed by atoms with Crippen molar-refractivity contribution in [3.8, 4) is 0 Å². The van der Waals surface area contributed by atoms with Gasteiger partial charge >= 0.3 is 52.6 Å². The van der Waals surface area contributed by atoms with Gasteiger partial charge in [0.2, 0.25) is 5.95 Å². The minimum absolute atomic E-state index is 0.0422. The van der Waals surface area contributed by atoms with Crippen LogP contribution in [0.4, 0.5) is 5.95 Å². The molecule has 0 bridgehead atoms. The maximum atomic E-state index is 13.0. The van der Waals surface area contributed by atoms with Crippen molar-refractivity contribution in [2.75, 3.05) is 85.0 Å². The number of phosphoric ester groups is 6. The number of rotatable bonds is 41. The van der Waals surface area contributed by atoms with Crippen LogP contribution in [0.15, 0.2) is 26.9 Å². The lowest BCUT2D eigenvalue weighted by molar-refractivity contribution is -0.0466. The minimum Gasteiger partial charge on any atom is -0.390 e. The molecular formula is C38H68N7O32P7S. The Labute approximate surface area is 487 Å². The number of aromatic amines is 2. The number of hydrogen-bond donors (Lipinski definition) is 11. The molecule has 85 heavy (non-hydrogen) atoms. The van der Waals surface area contributed by atoms with E-state index in [4.69, 9.17) is 85.8 Å². The number of nitrogens with two attached hydrogens (primary N) is 1. The highest BCUT2D eigenvalue weighted by atomic mass is 32.5. The standard InChI is InChI=1S/C38H68N7O32P7S/c1-25(2)78(50,85)73-23-30-28(20-32(76-30)45-24-40-33-34(45)41-37(39)42-36(33)48)77-84(61,62)72-18-8-16-70-82(57,58)68-14-6-12-66-80(53,54)64-10-4-9-63-79(51,52)65-11-5-13-67-81(55,56)69-15-7-17-71-83(59,60)74-22-29-27(46)19-31(75-29)44-21-26(3)35(47)43-38(44)49/h21,24-25,27-32,46H,4-20,22-23H2,1-3H3,(H,50,85)(H,51,52)(H,53,54)(H,55,56)(H,57,58)(H,59,60)(H,61,62)(H,43,47,49)(H3,39,41,42,48)/t27-,28?,29-,30?,31-,32?,78?/m0/s1. The molecule has 5 rings (SSSR count). The molecule has 0 aliphatic carbocycles. The SMILES string of the molecule is Cc1cn([C@@H]2C[C@H](O)[C@H](COP(=O)(O)OCCCOP(=O)(O)OCCCOP(=O)(O)OCCCOP(=O)(O)OCCCOP(=O)(O)OCCCOP(=O)(O)OC3CC(n4cnc5c(=O)[nH]c(N)nc54)OC3COP(O)(=S)C(C)C)O2)c(=O)[nH]c1=O. The molecule has 2 saturated heterocycles. The van der Waals surface area contributed by atoms with Crippen molar-refractivity contribution < 1.29 is 135 Å². The van der Waals surface area contributed by atoms with Crippen molar-refractivity contribution >= 4 is 82.3 Å². The largest absolute Gasteiger partial charge is 0.472 e. The number of aliphatic hydroxyl groups excluding tert-OH is 1. The summed E-state index contributed by atoms with van der Waals surface area (Å²) in [7, 11) is -28.4. The second-order valence-electron chi connectivity index (χ2n) is 18.4. The molecule has 5 heterocycles. The normalized spacial score (nSPS) is 24.3. The average molecular weight is 1380 g/mol. The molecule has 47 heteroatoms. The van der Waals surface area contributed by atoms with Crippen molar-refractivity contribution in [2.45, 2.75) is 108 Å². The van der Waals surface area contributed by atoms with Crippen LogP contribution >= 0.6 is 53.4 Å². The number of imidazole rings is 1. The first-order chi connectivity index (χ1) is 39.6. The number of phosphoric acid groups is 6. The summed E-state index contributed by atoms with van der Waals surface area (Å²) in [6.45, 7) is -4.76. The predicted octanol–water partition coefficient (Wildman–Crippen LogP) is 2.34. The third-order valence-electron chi connectivity index (χ3n) is 11.3. The Hall–Kier alpha value is -2.06. The lowest BCUT2D eigenvalue weighted by atomic mass is 10.2. The topological polar surface area (TPSA) is 547 Å². The zero-order chi connectivity index (χ0) is 63.0. The van der Waals surface area contributed by atoms with Crippen LogP contribution in [0.3, 0.4) is 0 Å². The molecule has 2 aliphatic heterocycles. The number of hydrogen-bond acceptors (Lipinski definition) is 29. The number of nitrogens with one attached hydrogen (secondary N) is 2. The lowest BCUT2D eigenvalue weighted by Crippen LogP contribution is -2.33. The summed E-state index contributed by atoms with van der Waals surface area (Å²) in [5.74, 6) is -0.210. The number of aromatic nitrogens is 6. The summed E-state index contributed by atoms with van der Waals surface area (Å²) >= 11 is 5.19. The van der Waals surface area contributed by atoms with Crippen molar-refractivity contribution in [3.05, 3.63) is 49.3 Å². The first-order valence-electron chi connectivity index (χ1n) is 25.3. The van der Waals surface area contributed by atoms with Gasteiger partial charge in [0.1, 0.15) is 30.8 Å². The molecule has 488 valence electrons. The molecule has 0 radical (unpaired) electrons. The van der Waals surface area contributed by atoms with Gasteiger partial charge in [0.25, 0.3) is 11.1 Å². The van der Waals surface area contributed by atoms with Crippen LogP contribution in [0.1, 0.15) is 76.8 Å². The van der Waals surface area contributed by atoms with Gasteiger partial charge in [-0.25, -0.2) is 37.2 Å². The van der Waals surface area contributed by atoms with E-state index < -0.39 is 185 Å². The number of H-pyrrole nitrogens is 2. The highest BCUT2D eigenvalue weighted by Gasteiger charge is 2.44. The summed E-state index contributed by atoms with van der Waals surface area (Å²) in [4.78, 5) is 119. The Morgan fingerprint density at radius 2 is 1.00 bits per heavy atom. The van der Waals surface area contributed by atoms with Gasteiger partial charge < -0.3 is 59.1 Å². The molecule has 0 amide bonds. The van der Waals surface area contributed by atoms with Gasteiger partial charge in [-0.1, -0.05) is 13.8 Å². The smallest absolute Gasteiger partial charge is 0.390 e. The van der Waals surface area contributed by atoms with E-state index >= 15 is 0 Å². The number of ether oxygens (including phenoxy) is 2. The molecule has 2 fully saturated rings. The molecular weight excluding hydrogens is 1320 g/mol. The lowest BCUT2D eigenvalue weighted by Gasteiger charge is -2.25. The molecule has 10 unspecified atom stereocenters. The molecule has 3 aromatic heterocycles. The minimum atomic E-state index is -4.89. The van der Waals surface area contributed by atoms with Crippen LogP contribution < -0.4 is 22.5 Å². The maximum Gasteiger partial charge on any atom is 0.472 e. The summed E-state index contributed by atoms with van der Waals surface area (Å²) < 4.78 is 152. The highest BCUT2D eigenvalue weighted by molar-refractivity contribution is 8.09. The Kier molecular flexibility index (Phi) is 28.4. The van der Waals surface area contributed by atoms with Crippen molar-refractivity contribution in [1.82, 2.24) is 29.1 Å². The predicted molar refractivity (Wildman–Crippen MR) is 292 cm³/mol. The summed E-state index contributed by atoms with van der Waals surface area (Å²) in [6.07, 6.45) is -5.55. The number of fused-ring (bicyclic) bond motifs is 1. The number of nitrogen functional groups attached to an aromatic ring is 1. The number of anilines is 1. The summed E-state index contributed by atoms with van der Waals surface area (Å²) in [5.41, 5.74) is 3.42. The fraction of sp³-hybridized carbons (Fsp3) is 0.763. The molecule has 0 saturated carbocycles. The fourth-order valence-electron chi connectivity index (χ4n) is 7.10.